The Kier molecular flexibility index (Phi) is 8.68. The molecule has 1 aromatic carbocycles. The van der Waals surface area contributed by atoms with Gasteiger partial charge in [0.2, 0.25) is 6.20 Å². The number of carboxylic acids is 1. The van der Waals surface area contributed by atoms with Crippen LogP contribution in [0.15, 0.2) is 34.9 Å². The summed E-state index contributed by atoms with van der Waals surface area (Å²) in [5, 5.41) is 21.9. The predicted octanol–water partition coefficient (Wildman–Crippen LogP) is -1.18. The molecule has 20 heteroatoms. The minimum atomic E-state index is -5.01. The van der Waals surface area contributed by atoms with Crippen molar-refractivity contribution in [1.29, 1.82) is 0 Å². The normalized spacial score (nSPS) is 19.1. The number of amides is 2. The van der Waals surface area contributed by atoms with Crippen molar-refractivity contribution in [2.75, 3.05) is 25.4 Å². The van der Waals surface area contributed by atoms with E-state index in [1.54, 1.807) is 12.1 Å². The lowest BCUT2D eigenvalue weighted by molar-refractivity contribution is -0.751. The molecule has 0 spiro atoms. The van der Waals surface area contributed by atoms with Gasteiger partial charge in [0.15, 0.2) is 17.9 Å². The van der Waals surface area contributed by atoms with Gasteiger partial charge in [-0.2, -0.15) is 18.2 Å². The van der Waals surface area contributed by atoms with Crippen LogP contribution in [0.25, 0.3) is 10.9 Å². The average molecular weight is 668 g/mol. The number of fused-ring (bicyclic) bond motifs is 1. The highest BCUT2D eigenvalue weighted by Crippen LogP contribution is 2.33. The van der Waals surface area contributed by atoms with E-state index in [1.165, 1.54) is 19.2 Å². The number of aromatic nitrogens is 3. The van der Waals surface area contributed by atoms with Crippen LogP contribution in [0, 0.1) is 5.92 Å². The number of oxime groups is 1. The van der Waals surface area contributed by atoms with Crippen LogP contribution in [0.1, 0.15) is 19.5 Å². The number of aliphatic carboxylic acids is 1. The number of β-lactam (4-membered cyclic amide) rings is 1. The lowest BCUT2D eigenvalue weighted by atomic mass is 9.84. The number of carboxylic acid groups (broad SMARTS) is 1. The zero-order valence-corrected chi connectivity index (χ0v) is 25.9. The first-order valence-electron chi connectivity index (χ1n) is 13.5. The van der Waals surface area contributed by atoms with Crippen LogP contribution in [0.2, 0.25) is 0 Å². The largest absolute Gasteiger partial charge is 0.489 e. The quantitative estimate of drug-likeness (QED) is 0.0475. The Morgan fingerprint density at radius 3 is 2.67 bits per heavy atom. The van der Waals surface area contributed by atoms with E-state index in [2.05, 4.69) is 29.7 Å². The van der Waals surface area contributed by atoms with Gasteiger partial charge < -0.3 is 31.0 Å². The smallest absolute Gasteiger partial charge is 0.418 e. The molecule has 5 rings (SSSR count). The van der Waals surface area contributed by atoms with Crippen molar-refractivity contribution in [3.05, 3.63) is 35.5 Å². The Morgan fingerprint density at radius 2 is 2.09 bits per heavy atom. The standard InChI is InChI=1S/C25H30N8O10S2/c1-25(2)20(22(35)33(25)43-45(38,39)40)29-21(34)19(16-12-44-24(26)28-16)30-42-18(23(36)37)11-41-15-4-5-17-14(6-15)10-31(3)32(17)9-13-7-27-8-13/h4-6,10,12-13,18,20,27H,7-9,11H2,1-3H3,(H4-,26,28,29,34,36,37,38,39,40)/p+1/b30-19-. The Balaban J connectivity index is 1.29. The third-order valence-corrected chi connectivity index (χ3v) is 8.34. The molecule has 3 aromatic rings. The number of carbonyl (C=O) groups excluding carboxylic acids is 2. The van der Waals surface area contributed by atoms with E-state index < -0.39 is 58.2 Å². The summed E-state index contributed by atoms with van der Waals surface area (Å²) in [6, 6.07) is 4.05. The van der Waals surface area contributed by atoms with E-state index in [4.69, 9.17) is 19.9 Å². The van der Waals surface area contributed by atoms with E-state index in [-0.39, 0.29) is 10.8 Å². The van der Waals surface area contributed by atoms with Gasteiger partial charge >= 0.3 is 16.4 Å². The lowest BCUT2D eigenvalue weighted by Crippen LogP contribution is -2.76. The zero-order valence-electron chi connectivity index (χ0n) is 24.2. The van der Waals surface area contributed by atoms with Crippen LogP contribution in [0.3, 0.4) is 0 Å². The van der Waals surface area contributed by atoms with Crippen LogP contribution in [-0.2, 0) is 47.5 Å². The van der Waals surface area contributed by atoms with Crippen LogP contribution in [0.4, 0.5) is 5.13 Å². The molecule has 0 aliphatic carbocycles. The molecule has 242 valence electrons. The Hall–Kier alpha value is -4.37. The first kappa shape index (κ1) is 32.0. The molecular formula is C25H31N8O10S2+. The molecule has 0 saturated carbocycles. The molecule has 2 unspecified atom stereocenters. The zero-order chi connectivity index (χ0) is 32.7. The molecular weight excluding hydrogens is 636 g/mol. The van der Waals surface area contributed by atoms with E-state index in [1.807, 2.05) is 24.0 Å². The topological polar surface area (TPSA) is 241 Å². The fourth-order valence-corrected chi connectivity index (χ4v) is 5.81. The summed E-state index contributed by atoms with van der Waals surface area (Å²) in [4.78, 5) is 46.9. The number of hydrogen-bond acceptors (Lipinski definition) is 13. The predicted molar refractivity (Wildman–Crippen MR) is 156 cm³/mol. The van der Waals surface area contributed by atoms with Crippen molar-refractivity contribution in [3.8, 4) is 5.75 Å². The van der Waals surface area contributed by atoms with Crippen LogP contribution in [-0.4, -0.2) is 93.7 Å². The number of thiazole rings is 1. The number of nitrogen functional groups attached to an aromatic ring is 1. The van der Waals surface area contributed by atoms with Gasteiger partial charge in [-0.15, -0.1) is 20.3 Å². The number of nitrogens with one attached hydrogen (secondary N) is 2. The molecule has 2 fully saturated rings. The fourth-order valence-electron chi connectivity index (χ4n) is 4.81. The molecule has 18 nitrogen and oxygen atoms in total. The third-order valence-electron chi connectivity index (χ3n) is 7.33. The summed E-state index contributed by atoms with van der Waals surface area (Å²) >= 11 is 0.968. The SMILES string of the molecule is C[n+]1cc2cc(OCC(O/N=C(\C(=O)NC3C(=O)N(OS(=O)(=O)O)C3(C)C)c3csc(N)n3)C(=O)O)ccc2n1CC1CNC1. The number of carbonyl (C=O) groups is 3. The Bertz CT molecular complexity index is 1780. The second kappa shape index (κ2) is 12.2. The maximum Gasteiger partial charge on any atom is 0.418 e. The first-order chi connectivity index (χ1) is 21.1. The average Bonchev–Trinajstić information content (AvgIpc) is 3.50. The van der Waals surface area contributed by atoms with Gasteiger partial charge in [-0.05, 0) is 32.0 Å². The number of rotatable bonds is 13. The highest BCUT2D eigenvalue weighted by molar-refractivity contribution is 7.80. The first-order valence-corrected chi connectivity index (χ1v) is 15.7. The molecule has 45 heavy (non-hydrogen) atoms. The van der Waals surface area contributed by atoms with Crippen molar-refractivity contribution >= 4 is 61.3 Å². The Labute approximate surface area is 260 Å². The van der Waals surface area contributed by atoms with E-state index in [0.29, 0.717) is 16.7 Å². The summed E-state index contributed by atoms with van der Waals surface area (Å²) in [5.41, 5.74) is 4.69. The molecule has 2 saturated heterocycles. The molecule has 2 aliphatic rings. The summed E-state index contributed by atoms with van der Waals surface area (Å²) in [6.07, 6.45) is 0.280. The van der Waals surface area contributed by atoms with E-state index in [9.17, 15) is 27.9 Å². The monoisotopic (exact) mass is 667 g/mol. The number of benzene rings is 1. The van der Waals surface area contributed by atoms with Crippen LogP contribution in [0.5, 0.6) is 5.75 Å². The van der Waals surface area contributed by atoms with Crippen LogP contribution >= 0.6 is 11.3 Å². The second-order valence-corrected chi connectivity index (χ2v) is 12.9. The van der Waals surface area contributed by atoms with Crippen molar-refractivity contribution in [1.82, 2.24) is 25.4 Å². The molecule has 2 amide bonds. The molecule has 0 bridgehead atoms. The van der Waals surface area contributed by atoms with E-state index in [0.717, 1.165) is 41.9 Å². The van der Waals surface area contributed by atoms with Gasteiger partial charge in [0.05, 0.1) is 17.5 Å². The minimum absolute atomic E-state index is 0.0679. The molecule has 2 aliphatic heterocycles. The highest BCUT2D eigenvalue weighted by atomic mass is 32.3. The maximum absolute atomic E-state index is 13.2. The fraction of sp³-hybridized carbons (Fsp3) is 0.440. The third kappa shape index (κ3) is 6.83. The number of hydrogen-bond donors (Lipinski definition) is 5. The number of nitrogens with two attached hydrogens (primary N) is 1. The summed E-state index contributed by atoms with van der Waals surface area (Å²) in [6.45, 7) is 5.03. The summed E-state index contributed by atoms with van der Waals surface area (Å²) < 4.78 is 45.3. The van der Waals surface area contributed by atoms with Gasteiger partial charge in [-0.25, -0.2) is 9.78 Å². The van der Waals surface area contributed by atoms with Gasteiger partial charge in [0.25, 0.3) is 17.9 Å². The summed E-state index contributed by atoms with van der Waals surface area (Å²) in [7, 11) is -3.07. The van der Waals surface area contributed by atoms with Crippen molar-refractivity contribution in [2.24, 2.45) is 18.1 Å². The number of anilines is 1. The number of nitrogens with zero attached hydrogens (tertiary/aromatic N) is 5. The van der Waals surface area contributed by atoms with Crippen molar-refractivity contribution < 1.29 is 51.0 Å². The van der Waals surface area contributed by atoms with Gasteiger partial charge in [-0.3, -0.25) is 14.1 Å². The molecule has 6 N–H and O–H groups in total. The van der Waals surface area contributed by atoms with Gasteiger partial charge in [-0.1, -0.05) is 5.16 Å². The number of ether oxygens (including phenoxy) is 1. The highest BCUT2D eigenvalue weighted by Gasteiger charge is 2.58. The van der Waals surface area contributed by atoms with Crippen LogP contribution < -0.4 is 25.8 Å². The second-order valence-electron chi connectivity index (χ2n) is 11.0. The molecule has 2 aromatic heterocycles. The van der Waals surface area contributed by atoms with E-state index >= 15 is 0 Å². The van der Waals surface area contributed by atoms with Gasteiger partial charge in [0.1, 0.15) is 29.6 Å². The number of aryl methyl sites for hydroxylation is 1. The minimum Gasteiger partial charge on any atom is -0.489 e. The van der Waals surface area contributed by atoms with Crippen molar-refractivity contribution in [3.63, 3.8) is 0 Å². The number of hydroxylamine groups is 2. The molecule has 2 atom stereocenters. The lowest BCUT2D eigenvalue weighted by Gasteiger charge is -2.50. The van der Waals surface area contributed by atoms with Gasteiger partial charge in [0, 0.05) is 24.4 Å². The van der Waals surface area contributed by atoms with Crippen molar-refractivity contribution in [2.45, 2.75) is 38.1 Å². The molecule has 4 heterocycles. The Morgan fingerprint density at radius 1 is 1.36 bits per heavy atom. The maximum atomic E-state index is 13.2. The molecule has 0 radical (unpaired) electrons. The summed E-state index contributed by atoms with van der Waals surface area (Å²) in [5.74, 6) is -2.50.